The maximum Gasteiger partial charge on any atom is 0.240 e. The van der Waals surface area contributed by atoms with E-state index in [0.717, 1.165) is 44.9 Å². The molecule has 4 heteroatoms. The van der Waals surface area contributed by atoms with Gasteiger partial charge < -0.3 is 0 Å². The first-order valence-corrected chi connectivity index (χ1v) is 8.78. The summed E-state index contributed by atoms with van der Waals surface area (Å²) in [4.78, 5) is 0.443. The maximum atomic E-state index is 12.4. The zero-order valence-electron chi connectivity index (χ0n) is 11.2. The van der Waals surface area contributed by atoms with Crippen LogP contribution in [0.1, 0.15) is 49.7 Å². The van der Waals surface area contributed by atoms with E-state index < -0.39 is 10.0 Å². The van der Waals surface area contributed by atoms with Crippen molar-refractivity contribution in [2.24, 2.45) is 0 Å². The molecule has 104 valence electrons. The molecule has 0 heterocycles. The van der Waals surface area contributed by atoms with E-state index in [1.165, 1.54) is 17.5 Å². The van der Waals surface area contributed by atoms with Crippen LogP contribution in [0.4, 0.5) is 0 Å². The first-order valence-electron chi connectivity index (χ1n) is 7.29. The van der Waals surface area contributed by atoms with Gasteiger partial charge in [-0.15, -0.1) is 0 Å². The molecule has 0 unspecified atom stereocenters. The molecular formula is C15H21NO2S. The summed E-state index contributed by atoms with van der Waals surface area (Å²) in [6, 6.07) is 5.74. The molecule has 0 radical (unpaired) electrons. The fourth-order valence-corrected chi connectivity index (χ4v) is 4.58. The first-order chi connectivity index (χ1) is 9.15. The smallest absolute Gasteiger partial charge is 0.208 e. The Hall–Kier alpha value is -0.870. The summed E-state index contributed by atoms with van der Waals surface area (Å²) in [5, 5.41) is 0. The van der Waals surface area contributed by atoms with Crippen LogP contribution in [0.5, 0.6) is 0 Å². The molecule has 1 N–H and O–H groups in total. The van der Waals surface area contributed by atoms with Crippen molar-refractivity contribution >= 4 is 10.0 Å². The number of benzene rings is 1. The van der Waals surface area contributed by atoms with Crippen LogP contribution in [-0.2, 0) is 22.9 Å². The first kappa shape index (κ1) is 13.1. The van der Waals surface area contributed by atoms with Gasteiger partial charge in [0.15, 0.2) is 0 Å². The summed E-state index contributed by atoms with van der Waals surface area (Å²) in [6.07, 6.45) is 8.71. The second-order valence-corrected chi connectivity index (χ2v) is 7.45. The normalized spacial score (nSPS) is 20.4. The van der Waals surface area contributed by atoms with E-state index in [-0.39, 0.29) is 6.04 Å². The third-order valence-electron chi connectivity index (χ3n) is 4.31. The lowest BCUT2D eigenvalue weighted by atomic mass is 9.96. The van der Waals surface area contributed by atoms with E-state index in [2.05, 4.69) is 4.72 Å². The van der Waals surface area contributed by atoms with Gasteiger partial charge in [-0.1, -0.05) is 25.3 Å². The molecule has 2 aliphatic rings. The average molecular weight is 279 g/mol. The number of sulfonamides is 1. The topological polar surface area (TPSA) is 46.2 Å². The second kappa shape index (κ2) is 5.25. The van der Waals surface area contributed by atoms with Crippen LogP contribution < -0.4 is 4.72 Å². The van der Waals surface area contributed by atoms with Crippen molar-refractivity contribution in [2.75, 3.05) is 0 Å². The molecule has 0 atom stereocenters. The van der Waals surface area contributed by atoms with Crippen LogP contribution in [0.25, 0.3) is 0 Å². The predicted octanol–water partition coefficient (Wildman–Crippen LogP) is 2.79. The summed E-state index contributed by atoms with van der Waals surface area (Å²) in [5.41, 5.74) is 2.53. The Morgan fingerprint density at radius 1 is 0.947 bits per heavy atom. The molecule has 1 aromatic carbocycles. The SMILES string of the molecule is O=S(=O)(NC1CCCCC1)c1ccc2c(c1)CCC2. The van der Waals surface area contributed by atoms with Crippen LogP contribution in [0.15, 0.2) is 23.1 Å². The van der Waals surface area contributed by atoms with Crippen LogP contribution >= 0.6 is 0 Å². The van der Waals surface area contributed by atoms with Crippen molar-refractivity contribution in [1.82, 2.24) is 4.72 Å². The van der Waals surface area contributed by atoms with Gasteiger partial charge in [-0.25, -0.2) is 13.1 Å². The van der Waals surface area contributed by atoms with Gasteiger partial charge in [0.25, 0.3) is 0 Å². The Morgan fingerprint density at radius 2 is 1.68 bits per heavy atom. The zero-order chi connectivity index (χ0) is 13.3. The standard InChI is InChI=1S/C15H21NO2S/c17-19(18,16-14-7-2-1-3-8-14)15-10-9-12-5-4-6-13(12)11-15/h9-11,14,16H,1-8H2. The molecule has 0 bridgehead atoms. The molecule has 0 amide bonds. The Balaban J connectivity index is 1.79. The van der Waals surface area contributed by atoms with E-state index >= 15 is 0 Å². The van der Waals surface area contributed by atoms with Crippen molar-refractivity contribution in [1.29, 1.82) is 0 Å². The van der Waals surface area contributed by atoms with Crippen molar-refractivity contribution in [3.8, 4) is 0 Å². The quantitative estimate of drug-likeness (QED) is 0.924. The van der Waals surface area contributed by atoms with Crippen molar-refractivity contribution < 1.29 is 8.42 Å². The van der Waals surface area contributed by atoms with Gasteiger partial charge in [-0.05, 0) is 55.4 Å². The highest BCUT2D eigenvalue weighted by atomic mass is 32.2. The van der Waals surface area contributed by atoms with Crippen molar-refractivity contribution in [3.63, 3.8) is 0 Å². The highest BCUT2D eigenvalue weighted by Crippen LogP contribution is 2.25. The summed E-state index contributed by atoms with van der Waals surface area (Å²) in [7, 11) is -3.33. The number of hydrogen-bond acceptors (Lipinski definition) is 2. The Labute approximate surface area is 115 Å². The number of fused-ring (bicyclic) bond motifs is 1. The number of hydrogen-bond donors (Lipinski definition) is 1. The molecule has 0 saturated heterocycles. The summed E-state index contributed by atoms with van der Waals surface area (Å²) in [5.74, 6) is 0. The number of rotatable bonds is 3. The fourth-order valence-electron chi connectivity index (χ4n) is 3.22. The molecule has 3 rings (SSSR count). The van der Waals surface area contributed by atoms with Crippen LogP contribution in [0.2, 0.25) is 0 Å². The Bertz CT molecular complexity index is 560. The van der Waals surface area contributed by atoms with E-state index in [1.807, 2.05) is 12.1 Å². The molecule has 3 nitrogen and oxygen atoms in total. The number of aryl methyl sites for hydroxylation is 2. The van der Waals surface area contributed by atoms with Gasteiger partial charge in [0.1, 0.15) is 0 Å². The summed E-state index contributed by atoms with van der Waals surface area (Å²) >= 11 is 0. The average Bonchev–Trinajstić information content (AvgIpc) is 2.86. The van der Waals surface area contributed by atoms with Gasteiger partial charge >= 0.3 is 0 Å². The molecule has 0 aliphatic heterocycles. The van der Waals surface area contributed by atoms with Crippen LogP contribution in [-0.4, -0.2) is 14.5 Å². The zero-order valence-corrected chi connectivity index (χ0v) is 12.0. The lowest BCUT2D eigenvalue weighted by Gasteiger charge is -2.22. The van der Waals surface area contributed by atoms with Crippen molar-refractivity contribution in [3.05, 3.63) is 29.3 Å². The van der Waals surface area contributed by atoms with E-state index in [0.29, 0.717) is 4.90 Å². The lowest BCUT2D eigenvalue weighted by Crippen LogP contribution is -2.36. The lowest BCUT2D eigenvalue weighted by molar-refractivity contribution is 0.412. The molecule has 0 spiro atoms. The largest absolute Gasteiger partial charge is 0.240 e. The van der Waals surface area contributed by atoms with Crippen LogP contribution in [0, 0.1) is 0 Å². The number of nitrogens with one attached hydrogen (secondary N) is 1. The highest BCUT2D eigenvalue weighted by Gasteiger charge is 2.23. The van der Waals surface area contributed by atoms with Gasteiger partial charge in [-0.3, -0.25) is 0 Å². The third kappa shape index (κ3) is 2.84. The highest BCUT2D eigenvalue weighted by molar-refractivity contribution is 7.89. The Morgan fingerprint density at radius 3 is 2.47 bits per heavy atom. The molecule has 1 fully saturated rings. The minimum atomic E-state index is -3.33. The Kier molecular flexibility index (Phi) is 3.63. The van der Waals surface area contributed by atoms with Gasteiger partial charge in [0.2, 0.25) is 10.0 Å². The van der Waals surface area contributed by atoms with Crippen molar-refractivity contribution in [2.45, 2.75) is 62.3 Å². The van der Waals surface area contributed by atoms with Crippen LogP contribution in [0.3, 0.4) is 0 Å². The fraction of sp³-hybridized carbons (Fsp3) is 0.600. The molecule has 1 saturated carbocycles. The molecule has 1 aromatic rings. The second-order valence-electron chi connectivity index (χ2n) is 5.74. The molecular weight excluding hydrogens is 258 g/mol. The third-order valence-corrected chi connectivity index (χ3v) is 5.83. The monoisotopic (exact) mass is 279 g/mol. The molecule has 0 aromatic heterocycles. The predicted molar refractivity (Wildman–Crippen MR) is 75.7 cm³/mol. The van der Waals surface area contributed by atoms with E-state index in [1.54, 1.807) is 6.07 Å². The summed E-state index contributed by atoms with van der Waals surface area (Å²) < 4.78 is 27.7. The minimum Gasteiger partial charge on any atom is -0.208 e. The van der Waals surface area contributed by atoms with Gasteiger partial charge in [0.05, 0.1) is 4.90 Å². The minimum absolute atomic E-state index is 0.131. The van der Waals surface area contributed by atoms with E-state index in [9.17, 15) is 8.42 Å². The molecule has 2 aliphatic carbocycles. The molecule has 19 heavy (non-hydrogen) atoms. The van der Waals surface area contributed by atoms with E-state index in [4.69, 9.17) is 0 Å². The van der Waals surface area contributed by atoms with Gasteiger partial charge in [-0.2, -0.15) is 0 Å². The maximum absolute atomic E-state index is 12.4. The summed E-state index contributed by atoms with van der Waals surface area (Å²) in [6.45, 7) is 0. The van der Waals surface area contributed by atoms with Gasteiger partial charge in [0, 0.05) is 6.04 Å².